The zero-order valence-electron chi connectivity index (χ0n) is 11.8. The first-order valence-electron chi connectivity index (χ1n) is 7.01. The van der Waals surface area contributed by atoms with Gasteiger partial charge in [-0.2, -0.15) is 13.2 Å². The maximum atomic E-state index is 12.7. The van der Waals surface area contributed by atoms with E-state index in [1.807, 2.05) is 0 Å². The number of amides is 1. The zero-order valence-corrected chi connectivity index (χ0v) is 11.8. The van der Waals surface area contributed by atoms with Crippen molar-refractivity contribution in [1.29, 1.82) is 0 Å². The number of carbonyl (C=O) groups excluding carboxylic acids is 1. The molecule has 2 fully saturated rings. The second kappa shape index (κ2) is 5.18. The van der Waals surface area contributed by atoms with Crippen molar-refractivity contribution >= 4 is 5.91 Å². The SMILES string of the molecule is CN1C2CCCC1CC(NC(=O)C(C)(N)C(F)(F)F)C2. The highest BCUT2D eigenvalue weighted by molar-refractivity contribution is 5.86. The van der Waals surface area contributed by atoms with Gasteiger partial charge in [0.1, 0.15) is 0 Å². The lowest BCUT2D eigenvalue weighted by Crippen LogP contribution is -2.64. The maximum Gasteiger partial charge on any atom is 0.415 e. The van der Waals surface area contributed by atoms with Gasteiger partial charge in [0.15, 0.2) is 5.54 Å². The number of hydrogen-bond donors (Lipinski definition) is 2. The van der Waals surface area contributed by atoms with Crippen LogP contribution < -0.4 is 11.1 Å². The number of rotatable bonds is 2. The molecule has 116 valence electrons. The summed E-state index contributed by atoms with van der Waals surface area (Å²) in [5.41, 5.74) is 2.32. The molecule has 3 unspecified atom stereocenters. The quantitative estimate of drug-likeness (QED) is 0.809. The molecular weight excluding hydrogens is 271 g/mol. The minimum Gasteiger partial charge on any atom is -0.351 e. The highest BCUT2D eigenvalue weighted by atomic mass is 19.4. The molecule has 2 rings (SSSR count). The third-order valence-electron chi connectivity index (χ3n) is 4.74. The summed E-state index contributed by atoms with van der Waals surface area (Å²) >= 11 is 0. The number of piperidine rings is 2. The molecule has 0 aromatic rings. The number of hydrogen-bond acceptors (Lipinski definition) is 3. The first-order valence-corrected chi connectivity index (χ1v) is 7.01. The topological polar surface area (TPSA) is 58.4 Å². The van der Waals surface area contributed by atoms with E-state index >= 15 is 0 Å². The summed E-state index contributed by atoms with van der Waals surface area (Å²) in [7, 11) is 2.05. The van der Waals surface area contributed by atoms with Gasteiger partial charge < -0.3 is 16.0 Å². The molecule has 0 saturated carbocycles. The first kappa shape index (κ1) is 15.6. The van der Waals surface area contributed by atoms with Gasteiger partial charge in [-0.15, -0.1) is 0 Å². The number of nitrogens with zero attached hydrogens (tertiary/aromatic N) is 1. The Morgan fingerprint density at radius 3 is 2.20 bits per heavy atom. The normalized spacial score (nSPS) is 34.4. The lowest BCUT2D eigenvalue weighted by atomic mass is 9.82. The van der Waals surface area contributed by atoms with Gasteiger partial charge in [0, 0.05) is 18.1 Å². The smallest absolute Gasteiger partial charge is 0.351 e. The zero-order chi connectivity index (χ0) is 15.1. The lowest BCUT2D eigenvalue weighted by Gasteiger charge is -2.47. The van der Waals surface area contributed by atoms with Gasteiger partial charge in [-0.1, -0.05) is 6.42 Å². The van der Waals surface area contributed by atoms with Gasteiger partial charge in [0.05, 0.1) is 0 Å². The Balaban J connectivity index is 1.99. The van der Waals surface area contributed by atoms with Crippen LogP contribution >= 0.6 is 0 Å². The molecule has 2 bridgehead atoms. The molecule has 0 aliphatic carbocycles. The Labute approximate surface area is 116 Å². The van der Waals surface area contributed by atoms with Gasteiger partial charge in [0.2, 0.25) is 5.91 Å². The monoisotopic (exact) mass is 293 g/mol. The van der Waals surface area contributed by atoms with E-state index in [1.165, 1.54) is 0 Å². The van der Waals surface area contributed by atoms with Crippen LogP contribution in [0.1, 0.15) is 39.0 Å². The fourth-order valence-electron chi connectivity index (χ4n) is 3.20. The van der Waals surface area contributed by atoms with Crippen molar-refractivity contribution in [2.75, 3.05) is 7.05 Å². The predicted molar refractivity (Wildman–Crippen MR) is 69.0 cm³/mol. The second-order valence-corrected chi connectivity index (χ2v) is 6.25. The Morgan fingerprint density at radius 1 is 1.25 bits per heavy atom. The summed E-state index contributed by atoms with van der Waals surface area (Å²) in [6.45, 7) is 0.720. The summed E-state index contributed by atoms with van der Waals surface area (Å²) in [6.07, 6.45) is -0.105. The van der Waals surface area contributed by atoms with Gasteiger partial charge in [-0.05, 0) is 39.7 Å². The van der Waals surface area contributed by atoms with Crippen molar-refractivity contribution in [2.24, 2.45) is 5.73 Å². The third-order valence-corrected chi connectivity index (χ3v) is 4.74. The number of alkyl halides is 3. The van der Waals surface area contributed by atoms with E-state index in [2.05, 4.69) is 17.3 Å². The van der Waals surface area contributed by atoms with Crippen LogP contribution in [0.2, 0.25) is 0 Å². The number of halogens is 3. The van der Waals surface area contributed by atoms with Crippen LogP contribution in [0, 0.1) is 0 Å². The molecule has 1 amide bonds. The van der Waals surface area contributed by atoms with Gasteiger partial charge in [-0.25, -0.2) is 0 Å². The average molecular weight is 293 g/mol. The van der Waals surface area contributed by atoms with E-state index in [1.54, 1.807) is 0 Å². The van der Waals surface area contributed by atoms with Crippen LogP contribution in [0.4, 0.5) is 13.2 Å². The number of nitrogens with one attached hydrogen (secondary N) is 1. The van der Waals surface area contributed by atoms with Crippen LogP contribution in [0.3, 0.4) is 0 Å². The van der Waals surface area contributed by atoms with E-state index in [4.69, 9.17) is 5.73 Å². The van der Waals surface area contributed by atoms with E-state index in [9.17, 15) is 18.0 Å². The maximum absolute atomic E-state index is 12.7. The molecule has 0 spiro atoms. The summed E-state index contributed by atoms with van der Waals surface area (Å²) < 4.78 is 38.2. The third kappa shape index (κ3) is 2.79. The van der Waals surface area contributed by atoms with Crippen LogP contribution in [0.15, 0.2) is 0 Å². The van der Waals surface area contributed by atoms with Crippen molar-refractivity contribution in [3.63, 3.8) is 0 Å². The number of nitrogens with two attached hydrogens (primary N) is 1. The highest BCUT2D eigenvalue weighted by Crippen LogP contribution is 2.33. The molecule has 4 nitrogen and oxygen atoms in total. The Bertz CT molecular complexity index is 370. The number of fused-ring (bicyclic) bond motifs is 2. The summed E-state index contributed by atoms with van der Waals surface area (Å²) in [4.78, 5) is 14.1. The molecule has 0 aromatic heterocycles. The minimum absolute atomic E-state index is 0.209. The summed E-state index contributed by atoms with van der Waals surface area (Å²) in [5.74, 6) is -1.13. The van der Waals surface area contributed by atoms with Gasteiger partial charge in [-0.3, -0.25) is 4.79 Å². The summed E-state index contributed by atoms with van der Waals surface area (Å²) in [5, 5.41) is 2.50. The molecule has 0 radical (unpaired) electrons. The molecule has 7 heteroatoms. The van der Waals surface area contributed by atoms with Gasteiger partial charge >= 0.3 is 6.18 Å². The molecule has 2 saturated heterocycles. The molecule has 2 heterocycles. The molecule has 2 aliphatic rings. The highest BCUT2D eigenvalue weighted by Gasteiger charge is 2.54. The molecule has 20 heavy (non-hydrogen) atoms. The van der Waals surface area contributed by atoms with Crippen LogP contribution in [0.5, 0.6) is 0 Å². The largest absolute Gasteiger partial charge is 0.415 e. The van der Waals surface area contributed by atoms with Crippen LogP contribution in [-0.2, 0) is 4.79 Å². The predicted octanol–water partition coefficient (Wildman–Crippen LogP) is 1.40. The van der Waals surface area contributed by atoms with Crippen molar-refractivity contribution in [1.82, 2.24) is 10.2 Å². The van der Waals surface area contributed by atoms with E-state index in [0.29, 0.717) is 24.9 Å². The van der Waals surface area contributed by atoms with E-state index < -0.39 is 17.6 Å². The molecule has 3 atom stereocenters. The minimum atomic E-state index is -4.74. The lowest BCUT2D eigenvalue weighted by molar-refractivity contribution is -0.188. The second-order valence-electron chi connectivity index (χ2n) is 6.25. The van der Waals surface area contributed by atoms with Crippen LogP contribution in [-0.4, -0.2) is 47.7 Å². The van der Waals surface area contributed by atoms with Crippen LogP contribution in [0.25, 0.3) is 0 Å². The fraction of sp³-hybridized carbons (Fsp3) is 0.923. The molecule has 2 aliphatic heterocycles. The van der Waals surface area contributed by atoms with Crippen molar-refractivity contribution in [3.05, 3.63) is 0 Å². The molecular formula is C13H22F3N3O. The van der Waals surface area contributed by atoms with Crippen molar-refractivity contribution in [3.8, 4) is 0 Å². The van der Waals surface area contributed by atoms with Crippen molar-refractivity contribution < 1.29 is 18.0 Å². The van der Waals surface area contributed by atoms with Gasteiger partial charge in [0.25, 0.3) is 0 Å². The Hall–Kier alpha value is -0.820. The molecule has 3 N–H and O–H groups in total. The standard InChI is InChI=1S/C13H22F3N3O/c1-12(17,13(14,15)16)11(20)18-8-6-9-4-3-5-10(7-8)19(9)2/h8-10H,3-7,17H2,1-2H3,(H,18,20). The summed E-state index contributed by atoms with van der Waals surface area (Å²) in [6, 6.07) is 0.490. The average Bonchev–Trinajstić information content (AvgIpc) is 2.28. The van der Waals surface area contributed by atoms with E-state index in [-0.39, 0.29) is 6.04 Å². The first-order chi connectivity index (χ1) is 9.13. The van der Waals surface area contributed by atoms with E-state index in [0.717, 1.165) is 26.2 Å². The Kier molecular flexibility index (Phi) is 4.03. The number of carbonyl (C=O) groups is 1. The van der Waals surface area contributed by atoms with Crippen molar-refractivity contribution in [2.45, 2.75) is 68.9 Å². The Morgan fingerprint density at radius 2 is 1.75 bits per heavy atom. The molecule has 0 aromatic carbocycles. The fourth-order valence-corrected chi connectivity index (χ4v) is 3.20.